The number of benzene rings is 1. The molecule has 6 nitrogen and oxygen atoms in total. The Balaban J connectivity index is 0.00000338. The van der Waals surface area contributed by atoms with E-state index in [2.05, 4.69) is 15.6 Å². The fourth-order valence-electron chi connectivity index (χ4n) is 2.95. The second kappa shape index (κ2) is 12.9. The van der Waals surface area contributed by atoms with Gasteiger partial charge in [-0.15, -0.1) is 24.0 Å². The molecule has 0 atom stereocenters. The zero-order valence-electron chi connectivity index (χ0n) is 15.5. The molecule has 1 aliphatic rings. The maximum absolute atomic E-state index is 11.1. The van der Waals surface area contributed by atoms with Gasteiger partial charge in [0.15, 0.2) is 5.96 Å². The van der Waals surface area contributed by atoms with E-state index in [1.165, 1.54) is 32.1 Å². The lowest BCUT2D eigenvalue weighted by Gasteiger charge is -2.22. The van der Waals surface area contributed by atoms with Crippen molar-refractivity contribution in [2.45, 2.75) is 51.2 Å². The molecule has 1 fully saturated rings. The Morgan fingerprint density at radius 2 is 1.88 bits per heavy atom. The number of carbonyl (C=O) groups excluding carboxylic acids is 1. The Hall–Kier alpha value is -1.35. The third-order valence-electron chi connectivity index (χ3n) is 4.44. The zero-order chi connectivity index (χ0) is 17.9. The van der Waals surface area contributed by atoms with Gasteiger partial charge in [-0.1, -0.05) is 31.4 Å². The zero-order valence-corrected chi connectivity index (χ0v) is 17.8. The van der Waals surface area contributed by atoms with Crippen molar-refractivity contribution < 1.29 is 9.53 Å². The van der Waals surface area contributed by atoms with E-state index in [4.69, 9.17) is 10.5 Å². The molecule has 0 heterocycles. The molecule has 4 N–H and O–H groups in total. The van der Waals surface area contributed by atoms with E-state index < -0.39 is 5.91 Å². The monoisotopic (exact) mass is 474 g/mol. The predicted octanol–water partition coefficient (Wildman–Crippen LogP) is 2.81. The van der Waals surface area contributed by atoms with Crippen LogP contribution in [0.15, 0.2) is 29.3 Å². The molecule has 0 bridgehead atoms. The molecule has 0 radical (unpaired) electrons. The van der Waals surface area contributed by atoms with Gasteiger partial charge in [0.1, 0.15) is 0 Å². The first kappa shape index (κ1) is 22.7. The topological polar surface area (TPSA) is 88.7 Å². The number of nitrogens with zero attached hydrogens (tertiary/aromatic N) is 1. The van der Waals surface area contributed by atoms with Gasteiger partial charge < -0.3 is 21.1 Å². The summed E-state index contributed by atoms with van der Waals surface area (Å²) in [6.07, 6.45) is 7.82. The van der Waals surface area contributed by atoms with E-state index in [9.17, 15) is 4.79 Å². The summed E-state index contributed by atoms with van der Waals surface area (Å²) in [5, 5.41) is 6.55. The van der Waals surface area contributed by atoms with Gasteiger partial charge in [0.25, 0.3) is 0 Å². The van der Waals surface area contributed by atoms with Gasteiger partial charge >= 0.3 is 0 Å². The van der Waals surface area contributed by atoms with Gasteiger partial charge in [0.05, 0.1) is 6.10 Å². The lowest BCUT2D eigenvalue weighted by molar-refractivity contribution is 0.0277. The van der Waals surface area contributed by atoms with Crippen LogP contribution in [0.25, 0.3) is 0 Å². The van der Waals surface area contributed by atoms with Crippen molar-refractivity contribution in [3.63, 3.8) is 0 Å². The largest absolute Gasteiger partial charge is 0.378 e. The molecule has 0 aliphatic heterocycles. The van der Waals surface area contributed by atoms with Gasteiger partial charge in [-0.2, -0.15) is 0 Å². The van der Waals surface area contributed by atoms with Crippen molar-refractivity contribution in [2.75, 3.05) is 20.2 Å². The number of hydrogen-bond donors (Lipinski definition) is 3. The van der Waals surface area contributed by atoms with Gasteiger partial charge in [0, 0.05) is 32.3 Å². The maximum Gasteiger partial charge on any atom is 0.248 e. The Kier molecular flexibility index (Phi) is 11.3. The number of ether oxygens (including phenoxy) is 1. The molecule has 0 unspecified atom stereocenters. The minimum absolute atomic E-state index is 0. The van der Waals surface area contributed by atoms with Crippen molar-refractivity contribution in [2.24, 2.45) is 10.7 Å². The molecule has 7 heteroatoms. The quantitative estimate of drug-likeness (QED) is 0.234. The summed E-state index contributed by atoms with van der Waals surface area (Å²) in [4.78, 5) is 15.3. The van der Waals surface area contributed by atoms with Gasteiger partial charge in [-0.3, -0.25) is 9.79 Å². The van der Waals surface area contributed by atoms with Crippen LogP contribution in [0.5, 0.6) is 0 Å². The summed E-state index contributed by atoms with van der Waals surface area (Å²) in [5.74, 6) is 0.351. The Morgan fingerprint density at radius 3 is 2.50 bits per heavy atom. The fourth-order valence-corrected chi connectivity index (χ4v) is 2.95. The van der Waals surface area contributed by atoms with Crippen LogP contribution in [0.3, 0.4) is 0 Å². The van der Waals surface area contributed by atoms with E-state index in [1.807, 2.05) is 12.1 Å². The lowest BCUT2D eigenvalue weighted by atomic mass is 9.98. The standard InChI is InChI=1S/C19H30N4O2.HI/c1-21-19(22-12-5-13-25-17-6-3-2-4-7-17)23-14-15-8-10-16(11-9-15)18(20)24;/h8-11,17H,2-7,12-14H2,1H3,(H2,20,24)(H2,21,22,23);1H. The molecule has 0 saturated heterocycles. The number of hydrogen-bond acceptors (Lipinski definition) is 3. The molecule has 0 spiro atoms. The Morgan fingerprint density at radius 1 is 1.19 bits per heavy atom. The highest BCUT2D eigenvalue weighted by Crippen LogP contribution is 2.20. The Labute approximate surface area is 173 Å². The van der Waals surface area contributed by atoms with Gasteiger partial charge in [-0.25, -0.2) is 0 Å². The van der Waals surface area contributed by atoms with E-state index in [0.717, 1.165) is 31.1 Å². The molecule has 1 amide bonds. The highest BCUT2D eigenvalue weighted by molar-refractivity contribution is 14.0. The van der Waals surface area contributed by atoms with Crippen LogP contribution in [-0.2, 0) is 11.3 Å². The normalized spacial score (nSPS) is 15.2. The molecule has 146 valence electrons. The summed E-state index contributed by atoms with van der Waals surface area (Å²) in [5.41, 5.74) is 6.82. The third kappa shape index (κ3) is 8.35. The van der Waals surface area contributed by atoms with Gasteiger partial charge in [0.2, 0.25) is 5.91 Å². The van der Waals surface area contributed by atoms with E-state index in [-0.39, 0.29) is 24.0 Å². The summed E-state index contributed by atoms with van der Waals surface area (Å²) >= 11 is 0. The lowest BCUT2D eigenvalue weighted by Crippen LogP contribution is -2.37. The molecule has 2 rings (SSSR count). The van der Waals surface area contributed by atoms with Crippen LogP contribution in [0.4, 0.5) is 0 Å². The number of carbonyl (C=O) groups is 1. The fraction of sp³-hybridized carbons (Fsp3) is 0.579. The minimum atomic E-state index is -0.410. The van der Waals surface area contributed by atoms with E-state index >= 15 is 0 Å². The van der Waals surface area contributed by atoms with Crippen LogP contribution in [0.1, 0.15) is 54.4 Å². The number of rotatable bonds is 8. The second-order valence-corrected chi connectivity index (χ2v) is 6.40. The molecule has 1 saturated carbocycles. The Bertz CT molecular complexity index is 557. The van der Waals surface area contributed by atoms with Crippen LogP contribution < -0.4 is 16.4 Å². The smallest absolute Gasteiger partial charge is 0.248 e. The summed E-state index contributed by atoms with van der Waals surface area (Å²) < 4.78 is 5.92. The number of halogens is 1. The minimum Gasteiger partial charge on any atom is -0.378 e. The third-order valence-corrected chi connectivity index (χ3v) is 4.44. The van der Waals surface area contributed by atoms with Crippen LogP contribution in [0, 0.1) is 0 Å². The summed E-state index contributed by atoms with van der Waals surface area (Å²) in [6, 6.07) is 7.24. The SMILES string of the molecule is CN=C(NCCCOC1CCCCC1)NCc1ccc(C(N)=O)cc1.I. The van der Waals surface area contributed by atoms with Crippen molar-refractivity contribution in [3.05, 3.63) is 35.4 Å². The van der Waals surface area contributed by atoms with Crippen molar-refractivity contribution in [1.82, 2.24) is 10.6 Å². The van der Waals surface area contributed by atoms with E-state index in [0.29, 0.717) is 18.2 Å². The summed E-state index contributed by atoms with van der Waals surface area (Å²) in [7, 11) is 1.75. The number of nitrogens with two attached hydrogens (primary N) is 1. The van der Waals surface area contributed by atoms with Crippen molar-refractivity contribution in [1.29, 1.82) is 0 Å². The number of guanidine groups is 1. The molecule has 0 aromatic heterocycles. The average Bonchev–Trinajstić information content (AvgIpc) is 2.65. The first-order valence-electron chi connectivity index (χ1n) is 9.14. The van der Waals surface area contributed by atoms with E-state index in [1.54, 1.807) is 19.2 Å². The number of amides is 1. The highest BCUT2D eigenvalue weighted by Gasteiger charge is 2.12. The highest BCUT2D eigenvalue weighted by atomic mass is 127. The molecular weight excluding hydrogens is 443 g/mol. The number of primary amides is 1. The number of nitrogens with one attached hydrogen (secondary N) is 2. The molecular formula is C19H31IN4O2. The number of aliphatic imine (C=N–C) groups is 1. The van der Waals surface area contributed by atoms with Crippen molar-refractivity contribution in [3.8, 4) is 0 Å². The molecule has 1 aliphatic carbocycles. The predicted molar refractivity (Wildman–Crippen MR) is 116 cm³/mol. The summed E-state index contributed by atoms with van der Waals surface area (Å²) in [6.45, 7) is 2.26. The maximum atomic E-state index is 11.1. The molecule has 26 heavy (non-hydrogen) atoms. The van der Waals surface area contributed by atoms with Crippen LogP contribution in [0.2, 0.25) is 0 Å². The molecule has 1 aromatic carbocycles. The second-order valence-electron chi connectivity index (χ2n) is 6.40. The first-order valence-corrected chi connectivity index (χ1v) is 9.14. The van der Waals surface area contributed by atoms with Gasteiger partial charge in [-0.05, 0) is 37.0 Å². The first-order chi connectivity index (χ1) is 12.2. The van der Waals surface area contributed by atoms with Crippen LogP contribution >= 0.6 is 24.0 Å². The van der Waals surface area contributed by atoms with Crippen molar-refractivity contribution >= 4 is 35.8 Å². The molecule has 1 aromatic rings. The van der Waals surface area contributed by atoms with Crippen LogP contribution in [-0.4, -0.2) is 38.2 Å². The average molecular weight is 474 g/mol.